The molecule has 0 aromatic carbocycles. The third kappa shape index (κ3) is 3.83. The van der Waals surface area contributed by atoms with Gasteiger partial charge in [-0.25, -0.2) is 14.8 Å². The molecule has 0 bridgehead atoms. The number of morpholine rings is 1. The number of rotatable bonds is 4. The molecule has 128 valence electrons. The maximum absolute atomic E-state index is 12.3. The van der Waals surface area contributed by atoms with Crippen LogP contribution >= 0.6 is 0 Å². The summed E-state index contributed by atoms with van der Waals surface area (Å²) in [6.45, 7) is 1.84. The number of furan rings is 1. The lowest BCUT2D eigenvalue weighted by Gasteiger charge is -2.32. The molecule has 8 heteroatoms. The van der Waals surface area contributed by atoms with E-state index >= 15 is 0 Å². The van der Waals surface area contributed by atoms with Crippen LogP contribution in [0.5, 0.6) is 0 Å². The quantitative estimate of drug-likeness (QED) is 0.912. The van der Waals surface area contributed by atoms with Crippen LogP contribution in [0.15, 0.2) is 35.1 Å². The van der Waals surface area contributed by atoms with Crippen molar-refractivity contribution < 1.29 is 13.9 Å². The van der Waals surface area contributed by atoms with Crippen molar-refractivity contribution in [3.8, 4) is 0 Å². The molecule has 8 nitrogen and oxygen atoms in total. The van der Waals surface area contributed by atoms with E-state index in [0.717, 1.165) is 11.5 Å². The third-order valence-corrected chi connectivity index (χ3v) is 3.74. The number of amides is 2. The summed E-state index contributed by atoms with van der Waals surface area (Å²) in [6, 6.07) is 5.30. The normalized spacial score (nSPS) is 17.6. The molecule has 0 aliphatic carbocycles. The maximum Gasteiger partial charge on any atom is 0.317 e. The summed E-state index contributed by atoms with van der Waals surface area (Å²) in [5, 5.41) is 2.85. The van der Waals surface area contributed by atoms with Crippen molar-refractivity contribution in [1.82, 2.24) is 20.2 Å². The molecule has 2 aromatic heterocycles. The lowest BCUT2D eigenvalue weighted by molar-refractivity contribution is -0.0177. The summed E-state index contributed by atoms with van der Waals surface area (Å²) in [6.07, 6.45) is 3.04. The molecule has 2 aromatic rings. The predicted octanol–water partition coefficient (Wildman–Crippen LogP) is 1.42. The Hall–Kier alpha value is -2.61. The zero-order chi connectivity index (χ0) is 16.9. The largest absolute Gasteiger partial charge is 0.467 e. The fraction of sp³-hybridized carbons (Fsp3) is 0.438. The number of aromatic nitrogens is 2. The van der Waals surface area contributed by atoms with E-state index in [1.54, 1.807) is 23.4 Å². The van der Waals surface area contributed by atoms with Gasteiger partial charge in [0.2, 0.25) is 5.95 Å². The van der Waals surface area contributed by atoms with E-state index in [9.17, 15) is 4.79 Å². The highest BCUT2D eigenvalue weighted by molar-refractivity contribution is 5.74. The number of anilines is 1. The molecule has 3 rings (SSSR count). The van der Waals surface area contributed by atoms with Crippen molar-refractivity contribution in [2.75, 3.05) is 38.7 Å². The lowest BCUT2D eigenvalue weighted by atomic mass is 10.2. The van der Waals surface area contributed by atoms with Crippen LogP contribution in [0, 0.1) is 0 Å². The number of hydrogen-bond donors (Lipinski definition) is 1. The first-order valence-electron chi connectivity index (χ1n) is 7.80. The van der Waals surface area contributed by atoms with Gasteiger partial charge in [-0.15, -0.1) is 0 Å². The fourth-order valence-electron chi connectivity index (χ4n) is 2.46. The van der Waals surface area contributed by atoms with Crippen molar-refractivity contribution in [3.63, 3.8) is 0 Å². The molecule has 24 heavy (non-hydrogen) atoms. The van der Waals surface area contributed by atoms with Gasteiger partial charge in [0, 0.05) is 26.8 Å². The second-order valence-corrected chi connectivity index (χ2v) is 5.72. The average molecular weight is 331 g/mol. The Bertz CT molecular complexity index is 674. The monoisotopic (exact) mass is 331 g/mol. The number of hydrogen-bond acceptors (Lipinski definition) is 6. The molecule has 1 fully saturated rings. The first-order valence-corrected chi connectivity index (χ1v) is 7.80. The van der Waals surface area contributed by atoms with Crippen LogP contribution in [-0.4, -0.2) is 54.7 Å². The van der Waals surface area contributed by atoms with Crippen LogP contribution < -0.4 is 10.2 Å². The highest BCUT2D eigenvalue weighted by Crippen LogP contribution is 2.21. The van der Waals surface area contributed by atoms with Crippen molar-refractivity contribution in [1.29, 1.82) is 0 Å². The Kier molecular flexibility index (Phi) is 4.95. The van der Waals surface area contributed by atoms with Gasteiger partial charge in [-0.05, 0) is 18.2 Å². The summed E-state index contributed by atoms with van der Waals surface area (Å²) >= 11 is 0. The van der Waals surface area contributed by atoms with Gasteiger partial charge in [-0.2, -0.15) is 0 Å². The predicted molar refractivity (Wildman–Crippen MR) is 87.6 cm³/mol. The zero-order valence-corrected chi connectivity index (χ0v) is 13.8. The highest BCUT2D eigenvalue weighted by atomic mass is 16.5. The average Bonchev–Trinajstić information content (AvgIpc) is 3.13. The number of carbonyl (C=O) groups is 1. The van der Waals surface area contributed by atoms with Gasteiger partial charge in [-0.3, -0.25) is 0 Å². The van der Waals surface area contributed by atoms with Gasteiger partial charge in [-0.1, -0.05) is 0 Å². The minimum atomic E-state index is -0.255. The number of nitrogens with zero attached hydrogens (tertiary/aromatic N) is 4. The van der Waals surface area contributed by atoms with Gasteiger partial charge >= 0.3 is 6.03 Å². The van der Waals surface area contributed by atoms with Crippen LogP contribution in [0.2, 0.25) is 0 Å². The standard InChI is InChI=1S/C16H21N5O3/c1-20(2)15-17-6-5-13(19-15)14-11-21(7-9-24-14)16(22)18-10-12-4-3-8-23-12/h3-6,8,14H,7,9-11H2,1-2H3,(H,18,22)/t14-/m1/s1. The van der Waals surface area contributed by atoms with Crippen LogP contribution in [0.1, 0.15) is 17.6 Å². The smallest absolute Gasteiger partial charge is 0.317 e. The summed E-state index contributed by atoms with van der Waals surface area (Å²) in [4.78, 5) is 24.6. The minimum absolute atomic E-state index is 0.137. The van der Waals surface area contributed by atoms with E-state index in [2.05, 4.69) is 15.3 Å². The van der Waals surface area contributed by atoms with Crippen molar-refractivity contribution in [2.45, 2.75) is 12.6 Å². The van der Waals surface area contributed by atoms with E-state index in [1.165, 1.54) is 0 Å². The summed E-state index contributed by atoms with van der Waals surface area (Å²) < 4.78 is 11.0. The van der Waals surface area contributed by atoms with E-state index in [-0.39, 0.29) is 12.1 Å². The molecule has 1 atom stereocenters. The molecule has 2 amide bonds. The van der Waals surface area contributed by atoms with Crippen LogP contribution in [0.3, 0.4) is 0 Å². The highest BCUT2D eigenvalue weighted by Gasteiger charge is 2.26. The topological polar surface area (TPSA) is 83.7 Å². The number of nitrogens with one attached hydrogen (secondary N) is 1. The lowest BCUT2D eigenvalue weighted by Crippen LogP contribution is -2.47. The molecule has 0 saturated carbocycles. The van der Waals surface area contributed by atoms with Crippen LogP contribution in [0.4, 0.5) is 10.7 Å². The second-order valence-electron chi connectivity index (χ2n) is 5.72. The minimum Gasteiger partial charge on any atom is -0.467 e. The summed E-state index contributed by atoms with van der Waals surface area (Å²) in [5.74, 6) is 1.34. The van der Waals surface area contributed by atoms with E-state index in [1.807, 2.05) is 31.1 Å². The summed E-state index contributed by atoms with van der Waals surface area (Å²) in [7, 11) is 3.77. The number of carbonyl (C=O) groups excluding carboxylic acids is 1. The first-order chi connectivity index (χ1) is 11.6. The maximum atomic E-state index is 12.3. The zero-order valence-electron chi connectivity index (χ0n) is 13.8. The molecule has 0 unspecified atom stereocenters. The number of urea groups is 1. The summed E-state index contributed by atoms with van der Waals surface area (Å²) in [5.41, 5.74) is 0.775. The van der Waals surface area contributed by atoms with Gasteiger partial charge in [0.1, 0.15) is 11.9 Å². The Balaban J connectivity index is 1.61. The van der Waals surface area contributed by atoms with Crippen LogP contribution in [0.25, 0.3) is 0 Å². The van der Waals surface area contributed by atoms with E-state index in [0.29, 0.717) is 32.2 Å². The molecule has 0 spiro atoms. The van der Waals surface area contributed by atoms with E-state index < -0.39 is 0 Å². The molecule has 1 aliphatic rings. The Labute approximate surface area is 140 Å². The van der Waals surface area contributed by atoms with Crippen molar-refractivity contribution >= 4 is 12.0 Å². The van der Waals surface area contributed by atoms with E-state index in [4.69, 9.17) is 9.15 Å². The van der Waals surface area contributed by atoms with Crippen molar-refractivity contribution in [3.05, 3.63) is 42.1 Å². The Morgan fingerprint density at radius 1 is 1.46 bits per heavy atom. The molecule has 1 saturated heterocycles. The Morgan fingerprint density at radius 3 is 3.08 bits per heavy atom. The molecular weight excluding hydrogens is 310 g/mol. The van der Waals surface area contributed by atoms with Gasteiger partial charge in [0.25, 0.3) is 0 Å². The molecule has 1 N–H and O–H groups in total. The fourth-order valence-corrected chi connectivity index (χ4v) is 2.46. The Morgan fingerprint density at radius 2 is 2.33 bits per heavy atom. The molecule has 0 radical (unpaired) electrons. The molecule has 3 heterocycles. The molecular formula is C16H21N5O3. The third-order valence-electron chi connectivity index (χ3n) is 3.74. The van der Waals surface area contributed by atoms with Gasteiger partial charge in [0.05, 0.1) is 31.7 Å². The molecule has 1 aliphatic heterocycles. The van der Waals surface area contributed by atoms with Gasteiger partial charge in [0.15, 0.2) is 0 Å². The SMILES string of the molecule is CN(C)c1nccc([C@H]2CN(C(=O)NCc3ccco3)CCO2)n1. The van der Waals surface area contributed by atoms with Gasteiger partial charge < -0.3 is 24.3 Å². The second kappa shape index (κ2) is 7.31. The van der Waals surface area contributed by atoms with Crippen LogP contribution in [-0.2, 0) is 11.3 Å². The number of ether oxygens (including phenoxy) is 1. The first kappa shape index (κ1) is 16.3. The van der Waals surface area contributed by atoms with Crippen molar-refractivity contribution in [2.24, 2.45) is 0 Å².